The maximum Gasteiger partial charge on any atom is 0.355 e. The maximum atomic E-state index is 12.3. The molecule has 7 nitrogen and oxygen atoms in total. The number of ether oxygens (including phenoxy) is 1. The molecule has 1 atom stereocenters. The van der Waals surface area contributed by atoms with Crippen molar-refractivity contribution in [3.63, 3.8) is 0 Å². The molecular formula is C24H30N5O2P. The minimum Gasteiger partial charge on any atom is -0.479 e. The van der Waals surface area contributed by atoms with Crippen LogP contribution in [0.4, 0.5) is 5.82 Å². The second kappa shape index (κ2) is 10.3. The van der Waals surface area contributed by atoms with Crippen molar-refractivity contribution in [2.24, 2.45) is 9.98 Å². The standard InChI is InChI=1S/C24H30N5O2P/c1-15(2)14-21(29-13-12-20(25)28-23(29)30)26-16(3)22(31-7)27-17(4)24(5,6)18-10-8-9-11-19(18)32/h8-14H,3-4,32H2,1-2,5-7H3,(H2,25,28,30). The summed E-state index contributed by atoms with van der Waals surface area (Å²) < 4.78 is 6.75. The highest BCUT2D eigenvalue weighted by Gasteiger charge is 2.27. The Morgan fingerprint density at radius 1 is 1.22 bits per heavy atom. The Kier molecular flexibility index (Phi) is 8.06. The summed E-state index contributed by atoms with van der Waals surface area (Å²) in [6.07, 6.45) is 3.25. The van der Waals surface area contributed by atoms with Crippen LogP contribution in [0.5, 0.6) is 0 Å². The summed E-state index contributed by atoms with van der Waals surface area (Å²) in [5, 5.41) is 1.06. The molecule has 0 saturated heterocycles. The first-order valence-corrected chi connectivity index (χ1v) is 10.5. The molecule has 0 spiro atoms. The van der Waals surface area contributed by atoms with E-state index in [0.717, 1.165) is 16.4 Å². The van der Waals surface area contributed by atoms with Gasteiger partial charge in [0.1, 0.15) is 17.4 Å². The minimum absolute atomic E-state index is 0.133. The summed E-state index contributed by atoms with van der Waals surface area (Å²) in [7, 11) is 4.22. The van der Waals surface area contributed by atoms with Crippen LogP contribution in [0, 0.1) is 0 Å². The smallest absolute Gasteiger partial charge is 0.355 e. The molecule has 0 bridgehead atoms. The highest BCUT2D eigenvalue weighted by Crippen LogP contribution is 2.31. The lowest BCUT2D eigenvalue weighted by Gasteiger charge is -2.27. The Labute approximate surface area is 191 Å². The number of nitrogens with zero attached hydrogens (tertiary/aromatic N) is 4. The Morgan fingerprint density at radius 2 is 1.88 bits per heavy atom. The van der Waals surface area contributed by atoms with E-state index in [9.17, 15) is 4.79 Å². The van der Waals surface area contributed by atoms with Crippen LogP contribution in [0.15, 0.2) is 87.5 Å². The summed E-state index contributed by atoms with van der Waals surface area (Å²) in [5.74, 6) is 0.645. The zero-order chi connectivity index (χ0) is 24.1. The number of aromatic nitrogens is 2. The molecular weight excluding hydrogens is 421 g/mol. The number of methoxy groups -OCH3 is 1. The number of hydrogen-bond acceptors (Lipinski definition) is 6. The number of benzene rings is 1. The summed E-state index contributed by atoms with van der Waals surface area (Å²) >= 11 is 0. The molecule has 2 rings (SSSR count). The van der Waals surface area contributed by atoms with Gasteiger partial charge in [-0.25, -0.2) is 14.8 Å². The topological polar surface area (TPSA) is 94.9 Å². The van der Waals surface area contributed by atoms with E-state index in [1.807, 2.05) is 52.0 Å². The molecule has 1 aromatic heterocycles. The highest BCUT2D eigenvalue weighted by atomic mass is 31.0. The van der Waals surface area contributed by atoms with Crippen LogP contribution < -0.4 is 16.7 Å². The third-order valence-electron chi connectivity index (χ3n) is 4.77. The van der Waals surface area contributed by atoms with E-state index < -0.39 is 11.1 Å². The quantitative estimate of drug-likeness (QED) is 0.413. The van der Waals surface area contributed by atoms with Gasteiger partial charge in [0.2, 0.25) is 5.90 Å². The first-order chi connectivity index (χ1) is 15.0. The highest BCUT2D eigenvalue weighted by molar-refractivity contribution is 7.27. The molecule has 0 amide bonds. The summed E-state index contributed by atoms with van der Waals surface area (Å²) in [6, 6.07) is 9.53. The van der Waals surface area contributed by atoms with E-state index in [1.54, 1.807) is 6.08 Å². The molecule has 1 unspecified atom stereocenters. The first kappa shape index (κ1) is 25.0. The van der Waals surface area contributed by atoms with Crippen LogP contribution in [0.25, 0.3) is 0 Å². The lowest BCUT2D eigenvalue weighted by atomic mass is 9.82. The van der Waals surface area contributed by atoms with Gasteiger partial charge in [-0.2, -0.15) is 4.98 Å². The average Bonchev–Trinajstić information content (AvgIpc) is 2.71. The summed E-state index contributed by atoms with van der Waals surface area (Å²) in [4.78, 5) is 25.2. The molecule has 0 saturated carbocycles. The minimum atomic E-state index is -0.549. The monoisotopic (exact) mass is 451 g/mol. The zero-order valence-electron chi connectivity index (χ0n) is 19.2. The van der Waals surface area contributed by atoms with E-state index >= 15 is 0 Å². The van der Waals surface area contributed by atoms with Crippen LogP contribution in [0.2, 0.25) is 0 Å². The molecule has 2 N–H and O–H groups in total. The number of rotatable bonds is 6. The van der Waals surface area contributed by atoms with Crippen LogP contribution in [-0.2, 0) is 10.2 Å². The van der Waals surface area contributed by atoms with Crippen molar-refractivity contribution in [3.05, 3.63) is 88.8 Å². The number of anilines is 1. The molecule has 0 fully saturated rings. The van der Waals surface area contributed by atoms with Crippen molar-refractivity contribution in [3.8, 4) is 0 Å². The van der Waals surface area contributed by atoms with Gasteiger partial charge in [-0.05, 0) is 36.9 Å². The van der Waals surface area contributed by atoms with Crippen LogP contribution in [-0.4, -0.2) is 28.4 Å². The average molecular weight is 452 g/mol. The fraction of sp³-hybridized carbons (Fsp3) is 0.250. The molecule has 168 valence electrons. The molecule has 0 aliphatic carbocycles. The van der Waals surface area contributed by atoms with Crippen molar-refractivity contribution >= 4 is 32.1 Å². The normalized spacial score (nSPS) is 12.3. The Hall–Kier alpha value is -3.31. The number of nitrogens with two attached hydrogens (primary N) is 1. The van der Waals surface area contributed by atoms with E-state index in [2.05, 4.69) is 37.4 Å². The second-order valence-corrected chi connectivity index (χ2v) is 8.55. The van der Waals surface area contributed by atoms with Crippen LogP contribution in [0.3, 0.4) is 0 Å². The SMILES string of the molecule is C=C(N=C(C=C(C)C)n1ccc(N)nc1=O)C(=NC(=C)C(C)(C)c1ccccc1P)OC. The van der Waals surface area contributed by atoms with Crippen molar-refractivity contribution < 1.29 is 4.74 Å². The molecule has 2 aromatic rings. The largest absolute Gasteiger partial charge is 0.479 e. The van der Waals surface area contributed by atoms with Crippen molar-refractivity contribution in [1.29, 1.82) is 0 Å². The zero-order valence-corrected chi connectivity index (χ0v) is 20.4. The Morgan fingerprint density at radius 3 is 2.44 bits per heavy atom. The second-order valence-electron chi connectivity index (χ2n) is 7.92. The number of aliphatic imine (C=N–C) groups is 2. The van der Waals surface area contributed by atoms with E-state index in [-0.39, 0.29) is 17.4 Å². The lowest BCUT2D eigenvalue weighted by Crippen LogP contribution is -2.29. The number of hydrogen-bond donors (Lipinski definition) is 1. The van der Waals surface area contributed by atoms with Gasteiger partial charge >= 0.3 is 5.69 Å². The molecule has 8 heteroatoms. The molecule has 1 heterocycles. The van der Waals surface area contributed by atoms with Crippen LogP contribution in [0.1, 0.15) is 33.3 Å². The van der Waals surface area contributed by atoms with Gasteiger partial charge in [0.15, 0.2) is 0 Å². The Balaban J connectivity index is 2.49. The number of allylic oxidation sites excluding steroid dienone is 3. The lowest BCUT2D eigenvalue weighted by molar-refractivity contribution is 0.401. The van der Waals surface area contributed by atoms with Gasteiger partial charge in [-0.15, -0.1) is 9.24 Å². The van der Waals surface area contributed by atoms with Gasteiger partial charge < -0.3 is 10.5 Å². The van der Waals surface area contributed by atoms with Gasteiger partial charge in [-0.3, -0.25) is 4.57 Å². The van der Waals surface area contributed by atoms with Crippen molar-refractivity contribution in [2.45, 2.75) is 33.1 Å². The summed E-state index contributed by atoms with van der Waals surface area (Å²) in [6.45, 7) is 16.0. The van der Waals surface area contributed by atoms with E-state index in [1.165, 1.54) is 23.9 Å². The Bertz CT molecular complexity index is 1180. The van der Waals surface area contributed by atoms with Crippen LogP contribution >= 0.6 is 9.24 Å². The van der Waals surface area contributed by atoms with E-state index in [4.69, 9.17) is 10.5 Å². The fourth-order valence-electron chi connectivity index (χ4n) is 2.90. The third kappa shape index (κ3) is 5.89. The van der Waals surface area contributed by atoms with Gasteiger partial charge in [-0.1, -0.05) is 56.8 Å². The molecule has 0 aliphatic heterocycles. The van der Waals surface area contributed by atoms with Crippen molar-refractivity contribution in [2.75, 3.05) is 12.8 Å². The number of nitrogen functional groups attached to an aromatic ring is 1. The van der Waals surface area contributed by atoms with Gasteiger partial charge in [0.05, 0.1) is 7.11 Å². The van der Waals surface area contributed by atoms with Gasteiger partial charge in [0, 0.05) is 17.3 Å². The third-order valence-corrected chi connectivity index (χ3v) is 5.28. The molecule has 0 aliphatic rings. The van der Waals surface area contributed by atoms with E-state index in [0.29, 0.717) is 11.5 Å². The maximum absolute atomic E-state index is 12.3. The summed E-state index contributed by atoms with van der Waals surface area (Å²) in [5.41, 5.74) is 7.41. The molecule has 0 radical (unpaired) electrons. The predicted octanol–water partition coefficient (Wildman–Crippen LogP) is 3.59. The first-order valence-electron chi connectivity index (χ1n) is 9.92. The fourth-order valence-corrected chi connectivity index (χ4v) is 3.47. The molecule has 32 heavy (non-hydrogen) atoms. The predicted molar refractivity (Wildman–Crippen MR) is 137 cm³/mol. The molecule has 1 aromatic carbocycles. The van der Waals surface area contributed by atoms with Crippen molar-refractivity contribution in [1.82, 2.24) is 9.55 Å². The van der Waals surface area contributed by atoms with Gasteiger partial charge in [0.25, 0.3) is 0 Å².